The lowest BCUT2D eigenvalue weighted by molar-refractivity contribution is 0.372. The van der Waals surface area contributed by atoms with Crippen molar-refractivity contribution in [3.05, 3.63) is 22.7 Å². The first kappa shape index (κ1) is 13.5. The average molecular weight is 280 g/mol. The predicted molar refractivity (Wildman–Crippen MR) is 73.9 cm³/mol. The van der Waals surface area contributed by atoms with Gasteiger partial charge in [-0.3, -0.25) is 0 Å². The minimum absolute atomic E-state index is 0.370. The molecule has 0 spiro atoms. The third-order valence-corrected chi connectivity index (χ3v) is 3.59. The van der Waals surface area contributed by atoms with E-state index in [-0.39, 0.29) is 5.54 Å². The monoisotopic (exact) mass is 280 g/mol. The van der Waals surface area contributed by atoms with Gasteiger partial charge < -0.3 is 14.8 Å². The van der Waals surface area contributed by atoms with Gasteiger partial charge in [-0.15, -0.1) is 11.3 Å². The van der Waals surface area contributed by atoms with Gasteiger partial charge in [-0.1, -0.05) is 0 Å². The molecule has 0 aromatic carbocycles. The lowest BCUT2D eigenvalue weighted by Crippen LogP contribution is -2.28. The molecular weight excluding hydrogens is 264 g/mol. The SMILES string of the molecule is COc1cc(OC)nc(NC(C)(C)c2nccs2)n1. The summed E-state index contributed by atoms with van der Waals surface area (Å²) in [5, 5.41) is 6.13. The molecule has 7 heteroatoms. The second kappa shape index (κ2) is 5.40. The minimum Gasteiger partial charge on any atom is -0.481 e. The molecule has 0 atom stereocenters. The van der Waals surface area contributed by atoms with Gasteiger partial charge >= 0.3 is 0 Å². The Morgan fingerprint density at radius 3 is 2.26 bits per heavy atom. The van der Waals surface area contributed by atoms with Crippen molar-refractivity contribution in [3.8, 4) is 11.8 Å². The number of hydrogen-bond donors (Lipinski definition) is 1. The summed E-state index contributed by atoms with van der Waals surface area (Å²) in [5.41, 5.74) is -0.370. The van der Waals surface area contributed by atoms with E-state index in [4.69, 9.17) is 9.47 Å². The highest BCUT2D eigenvalue weighted by atomic mass is 32.1. The van der Waals surface area contributed by atoms with E-state index in [1.165, 1.54) is 0 Å². The zero-order valence-electron chi connectivity index (χ0n) is 11.3. The number of thiazole rings is 1. The first-order valence-corrected chi connectivity index (χ1v) is 6.58. The van der Waals surface area contributed by atoms with Crippen molar-refractivity contribution in [2.75, 3.05) is 19.5 Å². The molecule has 102 valence electrons. The molecule has 0 unspecified atom stereocenters. The lowest BCUT2D eigenvalue weighted by atomic mass is 10.1. The van der Waals surface area contributed by atoms with Crippen LogP contribution in [0.15, 0.2) is 17.6 Å². The van der Waals surface area contributed by atoms with E-state index in [2.05, 4.69) is 20.3 Å². The molecule has 2 aromatic heterocycles. The van der Waals surface area contributed by atoms with E-state index >= 15 is 0 Å². The Hall–Kier alpha value is -1.89. The van der Waals surface area contributed by atoms with Crippen molar-refractivity contribution in [1.82, 2.24) is 15.0 Å². The van der Waals surface area contributed by atoms with Crippen molar-refractivity contribution >= 4 is 17.3 Å². The van der Waals surface area contributed by atoms with Crippen LogP contribution in [0.4, 0.5) is 5.95 Å². The van der Waals surface area contributed by atoms with Crippen molar-refractivity contribution in [2.45, 2.75) is 19.4 Å². The fraction of sp³-hybridized carbons (Fsp3) is 0.417. The van der Waals surface area contributed by atoms with E-state index in [0.717, 1.165) is 5.01 Å². The summed E-state index contributed by atoms with van der Waals surface area (Å²) in [6, 6.07) is 1.63. The molecule has 0 amide bonds. The van der Waals surface area contributed by atoms with Crippen molar-refractivity contribution in [2.24, 2.45) is 0 Å². The van der Waals surface area contributed by atoms with Crippen LogP contribution in [0.2, 0.25) is 0 Å². The maximum Gasteiger partial charge on any atom is 0.230 e. The second-order valence-electron chi connectivity index (χ2n) is 4.36. The van der Waals surface area contributed by atoms with E-state index in [0.29, 0.717) is 17.7 Å². The topological polar surface area (TPSA) is 69.2 Å². The minimum atomic E-state index is -0.370. The molecule has 0 radical (unpaired) electrons. The van der Waals surface area contributed by atoms with Crippen LogP contribution in [-0.2, 0) is 5.54 Å². The Bertz CT molecular complexity index is 520. The molecule has 0 aliphatic carbocycles. The van der Waals surface area contributed by atoms with Gasteiger partial charge in [0.15, 0.2) is 0 Å². The fourth-order valence-electron chi connectivity index (χ4n) is 1.53. The number of methoxy groups -OCH3 is 2. The van der Waals surface area contributed by atoms with Gasteiger partial charge in [-0.05, 0) is 13.8 Å². The predicted octanol–water partition coefficient (Wildman–Crippen LogP) is 2.30. The summed E-state index contributed by atoms with van der Waals surface area (Å²) in [5.74, 6) is 1.34. The molecule has 2 aromatic rings. The number of rotatable bonds is 5. The van der Waals surface area contributed by atoms with Crippen molar-refractivity contribution in [1.29, 1.82) is 0 Å². The van der Waals surface area contributed by atoms with Crippen LogP contribution >= 0.6 is 11.3 Å². The zero-order valence-corrected chi connectivity index (χ0v) is 12.1. The highest BCUT2D eigenvalue weighted by Crippen LogP contribution is 2.27. The largest absolute Gasteiger partial charge is 0.481 e. The Labute approximate surface area is 115 Å². The summed E-state index contributed by atoms with van der Waals surface area (Å²) in [7, 11) is 3.11. The molecule has 0 bridgehead atoms. The van der Waals surface area contributed by atoms with Crippen LogP contribution in [0.1, 0.15) is 18.9 Å². The van der Waals surface area contributed by atoms with Gasteiger partial charge in [0.05, 0.1) is 25.8 Å². The number of aromatic nitrogens is 3. The van der Waals surface area contributed by atoms with Gasteiger partial charge in [0.25, 0.3) is 0 Å². The first-order chi connectivity index (χ1) is 9.05. The molecule has 2 heterocycles. The Morgan fingerprint density at radius 2 is 1.79 bits per heavy atom. The van der Waals surface area contributed by atoms with Crippen LogP contribution in [0.25, 0.3) is 0 Å². The lowest BCUT2D eigenvalue weighted by Gasteiger charge is -2.23. The Morgan fingerprint density at radius 1 is 1.16 bits per heavy atom. The summed E-state index contributed by atoms with van der Waals surface area (Å²) in [4.78, 5) is 12.8. The average Bonchev–Trinajstić information content (AvgIpc) is 2.92. The highest BCUT2D eigenvalue weighted by Gasteiger charge is 2.24. The molecule has 0 fully saturated rings. The number of anilines is 1. The Kier molecular flexibility index (Phi) is 3.84. The second-order valence-corrected chi connectivity index (χ2v) is 5.26. The maximum absolute atomic E-state index is 5.12. The van der Waals surface area contributed by atoms with Crippen molar-refractivity contribution in [3.63, 3.8) is 0 Å². The number of nitrogens with zero attached hydrogens (tertiary/aromatic N) is 3. The third kappa shape index (κ3) is 3.11. The molecule has 0 aliphatic rings. The van der Waals surface area contributed by atoms with Crippen molar-refractivity contribution < 1.29 is 9.47 Å². The molecule has 0 aliphatic heterocycles. The van der Waals surface area contributed by atoms with Gasteiger partial charge in [-0.2, -0.15) is 9.97 Å². The van der Waals surface area contributed by atoms with Crippen LogP contribution in [0, 0.1) is 0 Å². The quantitative estimate of drug-likeness (QED) is 0.906. The molecule has 6 nitrogen and oxygen atoms in total. The standard InChI is InChI=1S/C12H16N4O2S/c1-12(2,10-13-5-6-19-10)16-11-14-8(17-3)7-9(15-11)18-4/h5-7H,1-4H3,(H,14,15,16). The van der Waals surface area contributed by atoms with Gasteiger partial charge in [0.2, 0.25) is 17.7 Å². The molecular formula is C12H16N4O2S. The zero-order chi connectivity index (χ0) is 13.9. The number of ether oxygens (including phenoxy) is 2. The summed E-state index contributed by atoms with van der Waals surface area (Å²) >= 11 is 1.58. The normalized spacial score (nSPS) is 11.2. The van der Waals surface area contributed by atoms with Gasteiger partial charge in [-0.25, -0.2) is 4.98 Å². The third-order valence-electron chi connectivity index (χ3n) is 2.49. The number of nitrogens with one attached hydrogen (secondary N) is 1. The van der Waals surface area contributed by atoms with Crippen LogP contribution in [-0.4, -0.2) is 29.2 Å². The first-order valence-electron chi connectivity index (χ1n) is 5.70. The van der Waals surface area contributed by atoms with Gasteiger partial charge in [0.1, 0.15) is 5.01 Å². The summed E-state index contributed by atoms with van der Waals surface area (Å²) < 4.78 is 10.2. The van der Waals surface area contributed by atoms with E-state index < -0.39 is 0 Å². The van der Waals surface area contributed by atoms with Crippen LogP contribution in [0.5, 0.6) is 11.8 Å². The van der Waals surface area contributed by atoms with E-state index in [9.17, 15) is 0 Å². The fourth-order valence-corrected chi connectivity index (χ4v) is 2.25. The number of hydrogen-bond acceptors (Lipinski definition) is 7. The van der Waals surface area contributed by atoms with E-state index in [1.54, 1.807) is 37.8 Å². The maximum atomic E-state index is 5.12. The summed E-state index contributed by atoms with van der Waals surface area (Å²) in [6.07, 6.45) is 1.77. The summed E-state index contributed by atoms with van der Waals surface area (Å²) in [6.45, 7) is 4.03. The van der Waals surface area contributed by atoms with E-state index in [1.807, 2.05) is 19.2 Å². The Balaban J connectivity index is 2.27. The molecule has 19 heavy (non-hydrogen) atoms. The molecule has 2 rings (SSSR count). The molecule has 0 saturated carbocycles. The van der Waals surface area contributed by atoms with Crippen LogP contribution in [0.3, 0.4) is 0 Å². The van der Waals surface area contributed by atoms with Crippen LogP contribution < -0.4 is 14.8 Å². The molecule has 1 N–H and O–H groups in total. The molecule has 0 saturated heterocycles. The van der Waals surface area contributed by atoms with Gasteiger partial charge in [0, 0.05) is 11.6 Å². The smallest absolute Gasteiger partial charge is 0.230 e. The highest BCUT2D eigenvalue weighted by molar-refractivity contribution is 7.09.